The maximum absolute atomic E-state index is 13.5. The van der Waals surface area contributed by atoms with Gasteiger partial charge < -0.3 is 35.8 Å². The van der Waals surface area contributed by atoms with Crippen molar-refractivity contribution in [3.8, 4) is 0 Å². The van der Waals surface area contributed by atoms with E-state index in [0.717, 1.165) is 69.0 Å². The highest BCUT2D eigenvalue weighted by molar-refractivity contribution is 8.45. The van der Waals surface area contributed by atoms with Gasteiger partial charge in [0.05, 0.1) is 40.4 Å². The first-order chi connectivity index (χ1) is 30.4. The standard InChI is InChI=1S/C44H53F5N8O7S/c1-44(2,63)31-22-34-26(19-35(31)52-40(59)33-9-5-10-38(51-33)65(45,46,47,48)49)24-56(54-34)28-13-11-25(12-14-28)23-55(3)17-6-18-64-29-20-27(21-29)50-32-8-4-7-30-39(32)43(62)57(42(30)61)36-15-16-37(58)53-41(36)60/h4-5,7-10,19,22,24-25,27-29,36,41,50,60,63H,6,11-18,20-21,23H2,1-3H3,(H,52,59)(H,53,58)/t25?,27-,28?,29-,36?,41?. The van der Waals surface area contributed by atoms with Crippen LogP contribution in [0.3, 0.4) is 0 Å². The summed E-state index contributed by atoms with van der Waals surface area (Å²) in [6.07, 6.45) is 6.94. The number of hydrogen-bond donors (Lipinski definition) is 5. The van der Waals surface area contributed by atoms with Gasteiger partial charge in [-0.2, -0.15) is 5.10 Å². The summed E-state index contributed by atoms with van der Waals surface area (Å²) in [5.74, 6) is -1.97. The number of imide groups is 1. The average Bonchev–Trinajstić information content (AvgIpc) is 3.74. The monoisotopic (exact) mass is 932 g/mol. The van der Waals surface area contributed by atoms with Crippen LogP contribution < -0.4 is 16.0 Å². The molecule has 5 N–H and O–H groups in total. The lowest BCUT2D eigenvalue weighted by Gasteiger charge is -2.39. The average molecular weight is 933 g/mol. The molecule has 2 atom stereocenters. The zero-order valence-corrected chi connectivity index (χ0v) is 36.9. The molecule has 2 saturated carbocycles. The molecule has 3 fully saturated rings. The molecule has 65 heavy (non-hydrogen) atoms. The summed E-state index contributed by atoms with van der Waals surface area (Å²) in [5, 5.41) is 32.6. The lowest BCUT2D eigenvalue weighted by molar-refractivity contribution is -0.129. The van der Waals surface area contributed by atoms with Crippen LogP contribution in [0.4, 0.5) is 30.8 Å². The highest BCUT2D eigenvalue weighted by Crippen LogP contribution is 3.01. The number of piperidine rings is 1. The summed E-state index contributed by atoms with van der Waals surface area (Å²) in [7, 11) is -8.03. The van der Waals surface area contributed by atoms with E-state index in [-0.39, 0.29) is 65.4 Å². The van der Waals surface area contributed by atoms with Crippen LogP contribution in [0.15, 0.2) is 59.8 Å². The first-order valence-corrected chi connectivity index (χ1v) is 23.7. The molecule has 1 saturated heterocycles. The number of carbonyl (C=O) groups excluding carboxylic acids is 4. The summed E-state index contributed by atoms with van der Waals surface area (Å²) in [6.45, 7) is 5.34. The fraction of sp³-hybridized carbons (Fsp3) is 0.500. The van der Waals surface area contributed by atoms with Gasteiger partial charge in [-0.1, -0.05) is 31.6 Å². The highest BCUT2D eigenvalue weighted by Gasteiger charge is 2.67. The highest BCUT2D eigenvalue weighted by atomic mass is 32.5. The van der Waals surface area contributed by atoms with Gasteiger partial charge in [0.1, 0.15) is 11.9 Å². The lowest BCUT2D eigenvalue weighted by Crippen LogP contribution is -2.57. The van der Waals surface area contributed by atoms with Gasteiger partial charge in [0, 0.05) is 60.7 Å². The fourth-order valence-electron chi connectivity index (χ4n) is 9.34. The molecule has 4 aliphatic rings. The van der Waals surface area contributed by atoms with Gasteiger partial charge in [-0.25, -0.2) is 4.98 Å². The van der Waals surface area contributed by atoms with E-state index in [0.29, 0.717) is 35.2 Å². The minimum absolute atomic E-state index is 0.0679. The first-order valence-electron chi connectivity index (χ1n) is 21.7. The second-order valence-corrected chi connectivity index (χ2v) is 20.7. The predicted octanol–water partition coefficient (Wildman–Crippen LogP) is 7.47. The molecule has 15 nitrogen and oxygen atoms in total. The van der Waals surface area contributed by atoms with E-state index in [9.17, 15) is 48.8 Å². The molecular weight excluding hydrogens is 880 g/mol. The topological polar surface area (TPSA) is 191 Å². The molecule has 4 amide bonds. The number of carbonyl (C=O) groups is 4. The van der Waals surface area contributed by atoms with Gasteiger partial charge in [-0.15, -0.1) is 0 Å². The number of pyridine rings is 1. The van der Waals surface area contributed by atoms with Gasteiger partial charge in [0.2, 0.25) is 5.91 Å². The van der Waals surface area contributed by atoms with Crippen LogP contribution in [0.2, 0.25) is 0 Å². The molecule has 0 spiro atoms. The van der Waals surface area contributed by atoms with Crippen molar-refractivity contribution in [1.29, 1.82) is 0 Å². The summed E-state index contributed by atoms with van der Waals surface area (Å²) >= 11 is 0. The van der Waals surface area contributed by atoms with Crippen molar-refractivity contribution in [1.82, 2.24) is 29.9 Å². The van der Waals surface area contributed by atoms with E-state index in [4.69, 9.17) is 9.84 Å². The Morgan fingerprint density at radius 3 is 2.40 bits per heavy atom. The molecule has 2 unspecified atom stereocenters. The number of amides is 4. The lowest BCUT2D eigenvalue weighted by atomic mass is 9.86. The molecule has 2 aromatic carbocycles. The summed E-state index contributed by atoms with van der Waals surface area (Å²) in [4.78, 5) is 57.7. The second-order valence-electron chi connectivity index (χ2n) is 18.3. The molecular formula is C44H53F5N8O7S. The van der Waals surface area contributed by atoms with E-state index < -0.39 is 56.5 Å². The zero-order chi connectivity index (χ0) is 46.7. The van der Waals surface area contributed by atoms with Crippen molar-refractivity contribution < 1.29 is 53.6 Å². The van der Waals surface area contributed by atoms with Crippen LogP contribution in [-0.2, 0) is 15.1 Å². The number of aliphatic hydroxyl groups excluding tert-OH is 1. The molecule has 2 aromatic heterocycles. The van der Waals surface area contributed by atoms with Crippen LogP contribution >= 0.6 is 10.2 Å². The van der Waals surface area contributed by atoms with E-state index in [1.165, 1.54) is 13.8 Å². The van der Waals surface area contributed by atoms with Gasteiger partial charge in [0.25, 0.3) is 17.7 Å². The number of aromatic nitrogens is 3. The Kier molecular flexibility index (Phi) is 11.8. The SMILES string of the molecule is CN(CCCO[C@H]1C[C@H](Nc2cccc3c2C(=O)N(C2CCC(=O)NC2O)C3=O)C1)CC1CCC(n2cc3cc(NC(=O)c4cccc(S(F)(F)(F)(F)F)n4)c(C(C)(C)O)cc3n2)CC1. The Hall–Kier alpha value is -5.22. The van der Waals surface area contributed by atoms with Gasteiger partial charge in [-0.3, -0.25) is 28.8 Å². The maximum atomic E-state index is 13.5. The van der Waals surface area contributed by atoms with Crippen LogP contribution in [0, 0.1) is 5.92 Å². The van der Waals surface area contributed by atoms with Crippen molar-refractivity contribution in [3.63, 3.8) is 0 Å². The number of halogens is 5. The molecule has 8 rings (SSSR count). The van der Waals surface area contributed by atoms with E-state index >= 15 is 0 Å². The Labute approximate surface area is 371 Å². The van der Waals surface area contributed by atoms with Crippen molar-refractivity contribution in [2.75, 3.05) is 37.4 Å². The summed E-state index contributed by atoms with van der Waals surface area (Å²) in [5.41, 5.74) is -0.413. The predicted molar refractivity (Wildman–Crippen MR) is 232 cm³/mol. The molecule has 0 radical (unpaired) electrons. The minimum Gasteiger partial charge on any atom is -0.386 e. The molecule has 4 heterocycles. The molecule has 21 heteroatoms. The van der Waals surface area contributed by atoms with E-state index in [1.807, 2.05) is 10.9 Å². The maximum Gasteiger partial charge on any atom is 0.325 e. The molecule has 0 bridgehead atoms. The third kappa shape index (κ3) is 10.1. The normalized spacial score (nSPS) is 24.9. The van der Waals surface area contributed by atoms with E-state index in [2.05, 4.69) is 32.9 Å². The Morgan fingerprint density at radius 1 is 0.985 bits per heavy atom. The number of aliphatic hydroxyl groups is 2. The van der Waals surface area contributed by atoms with Gasteiger partial charge in [0.15, 0.2) is 5.03 Å². The number of fused-ring (bicyclic) bond motifs is 2. The zero-order valence-electron chi connectivity index (χ0n) is 36.1. The molecule has 2 aliphatic heterocycles. The first kappa shape index (κ1) is 46.3. The van der Waals surface area contributed by atoms with Crippen LogP contribution in [0.5, 0.6) is 0 Å². The summed E-state index contributed by atoms with van der Waals surface area (Å²) in [6, 6.07) is 9.29. The number of ether oxygens (including phenoxy) is 1. The number of rotatable bonds is 15. The van der Waals surface area contributed by atoms with Gasteiger partial charge >= 0.3 is 10.2 Å². The fourth-order valence-corrected chi connectivity index (χ4v) is 9.95. The molecule has 2 aliphatic carbocycles. The summed E-state index contributed by atoms with van der Waals surface area (Å²) < 4.78 is 75.1. The second kappa shape index (κ2) is 16.6. The third-order valence-corrected chi connectivity index (χ3v) is 13.8. The number of benzene rings is 2. The molecule has 4 aromatic rings. The van der Waals surface area contributed by atoms with Crippen LogP contribution in [-0.4, -0.2) is 110 Å². The quantitative estimate of drug-likeness (QED) is 0.0452. The van der Waals surface area contributed by atoms with Crippen molar-refractivity contribution >= 4 is 56.1 Å². The van der Waals surface area contributed by atoms with E-state index in [1.54, 1.807) is 30.3 Å². The van der Waals surface area contributed by atoms with Crippen LogP contribution in [0.25, 0.3) is 10.9 Å². The minimum atomic E-state index is -10.1. The number of nitrogens with zero attached hydrogens (tertiary/aromatic N) is 5. The third-order valence-electron chi connectivity index (χ3n) is 12.8. The van der Waals surface area contributed by atoms with Crippen molar-refractivity contribution in [2.45, 2.75) is 113 Å². The van der Waals surface area contributed by atoms with Crippen LogP contribution in [0.1, 0.15) is 114 Å². The number of nitrogens with one attached hydrogen (secondary N) is 3. The largest absolute Gasteiger partial charge is 0.386 e. The van der Waals surface area contributed by atoms with Crippen molar-refractivity contribution in [2.24, 2.45) is 5.92 Å². The molecule has 352 valence electrons. The Bertz CT molecular complexity index is 2520. The number of anilines is 2. The Balaban J connectivity index is 0.775. The van der Waals surface area contributed by atoms with Gasteiger partial charge in [-0.05, 0) is 115 Å². The van der Waals surface area contributed by atoms with Crippen molar-refractivity contribution in [3.05, 3.63) is 77.1 Å². The Morgan fingerprint density at radius 2 is 1.71 bits per heavy atom. The smallest absolute Gasteiger partial charge is 0.325 e. The number of hydrogen-bond acceptors (Lipinski definition) is 11.